The first-order valence-electron chi connectivity index (χ1n) is 5.12. The average molecular weight is 376 g/mol. The molecule has 0 saturated heterocycles. The van der Waals surface area contributed by atoms with Gasteiger partial charge in [0, 0.05) is 10.0 Å². The molecular formula is C12H8BrClN2OS2. The average Bonchev–Trinajstić information content (AvgIpc) is 2.77. The number of rotatable bonds is 3. The molecule has 1 heterocycles. The molecule has 1 aromatic heterocycles. The molecule has 0 aliphatic rings. The summed E-state index contributed by atoms with van der Waals surface area (Å²) in [4.78, 5) is 12.7. The lowest BCUT2D eigenvalue weighted by Gasteiger charge is -2.10. The number of anilines is 1. The number of amides is 1. The van der Waals surface area contributed by atoms with Crippen molar-refractivity contribution in [2.24, 2.45) is 5.73 Å². The lowest BCUT2D eigenvalue weighted by Crippen LogP contribution is -2.17. The molecular weight excluding hydrogens is 368 g/mol. The summed E-state index contributed by atoms with van der Waals surface area (Å²) in [6.45, 7) is 0. The first kappa shape index (κ1) is 14.5. The molecule has 0 aliphatic heterocycles. The van der Waals surface area contributed by atoms with E-state index in [1.54, 1.807) is 29.6 Å². The van der Waals surface area contributed by atoms with Crippen molar-refractivity contribution in [2.75, 3.05) is 5.32 Å². The van der Waals surface area contributed by atoms with Crippen LogP contribution in [0.1, 0.15) is 15.2 Å². The summed E-state index contributed by atoms with van der Waals surface area (Å²) in [5, 5.41) is 4.95. The van der Waals surface area contributed by atoms with Crippen molar-refractivity contribution in [2.45, 2.75) is 0 Å². The maximum Gasteiger partial charge on any atom is 0.267 e. The summed E-state index contributed by atoms with van der Waals surface area (Å²) in [6, 6.07) is 6.97. The lowest BCUT2D eigenvalue weighted by atomic mass is 10.1. The van der Waals surface area contributed by atoms with E-state index >= 15 is 0 Å². The number of thiocarbonyl (C=S) groups is 1. The van der Waals surface area contributed by atoms with Crippen LogP contribution in [0.2, 0.25) is 5.02 Å². The summed E-state index contributed by atoms with van der Waals surface area (Å²) < 4.78 is 0.836. The van der Waals surface area contributed by atoms with Gasteiger partial charge in [-0.1, -0.05) is 39.7 Å². The van der Waals surface area contributed by atoms with Gasteiger partial charge in [-0.2, -0.15) is 0 Å². The molecule has 0 saturated carbocycles. The van der Waals surface area contributed by atoms with Gasteiger partial charge in [0.05, 0.1) is 10.7 Å². The normalized spacial score (nSPS) is 10.2. The van der Waals surface area contributed by atoms with E-state index in [4.69, 9.17) is 29.6 Å². The molecule has 0 atom stereocenters. The Hall–Kier alpha value is -0.950. The van der Waals surface area contributed by atoms with E-state index in [0.717, 1.165) is 4.47 Å². The van der Waals surface area contributed by atoms with E-state index in [0.29, 0.717) is 21.2 Å². The zero-order chi connectivity index (χ0) is 14.0. The summed E-state index contributed by atoms with van der Waals surface area (Å²) >= 11 is 15.5. The van der Waals surface area contributed by atoms with Crippen molar-refractivity contribution >= 4 is 67.7 Å². The predicted molar refractivity (Wildman–Crippen MR) is 87.3 cm³/mol. The van der Waals surface area contributed by atoms with Crippen molar-refractivity contribution < 1.29 is 4.79 Å². The zero-order valence-corrected chi connectivity index (χ0v) is 13.4. The van der Waals surface area contributed by atoms with Crippen LogP contribution in [0.4, 0.5) is 5.69 Å². The summed E-state index contributed by atoms with van der Waals surface area (Å²) in [5.74, 6) is -0.278. The number of thiophene rings is 1. The highest BCUT2D eigenvalue weighted by molar-refractivity contribution is 9.10. The third kappa shape index (κ3) is 3.33. The van der Waals surface area contributed by atoms with Gasteiger partial charge in [-0.15, -0.1) is 11.3 Å². The van der Waals surface area contributed by atoms with Crippen molar-refractivity contribution in [1.82, 2.24) is 0 Å². The summed E-state index contributed by atoms with van der Waals surface area (Å²) in [7, 11) is 0. The number of carbonyl (C=O) groups excluding carboxylic acids is 1. The van der Waals surface area contributed by atoms with Gasteiger partial charge in [0.2, 0.25) is 0 Å². The van der Waals surface area contributed by atoms with E-state index in [1.807, 2.05) is 0 Å². The van der Waals surface area contributed by atoms with Crippen molar-refractivity contribution in [3.8, 4) is 0 Å². The number of nitrogens with one attached hydrogen (secondary N) is 1. The summed E-state index contributed by atoms with van der Waals surface area (Å²) in [6.07, 6.45) is 0. The molecule has 2 rings (SSSR count). The number of nitrogens with two attached hydrogens (primary N) is 1. The molecule has 1 amide bonds. The second kappa shape index (κ2) is 6.00. The van der Waals surface area contributed by atoms with Crippen LogP contribution in [0.25, 0.3) is 0 Å². The van der Waals surface area contributed by atoms with E-state index < -0.39 is 0 Å². The Morgan fingerprint density at radius 3 is 2.74 bits per heavy atom. The van der Waals surface area contributed by atoms with Crippen LogP contribution in [0.5, 0.6) is 0 Å². The monoisotopic (exact) mass is 374 g/mol. The highest BCUT2D eigenvalue weighted by Crippen LogP contribution is 2.25. The Kier molecular flexibility index (Phi) is 4.57. The fraction of sp³-hybridized carbons (Fsp3) is 0. The van der Waals surface area contributed by atoms with E-state index in [2.05, 4.69) is 21.2 Å². The predicted octanol–water partition coefficient (Wildman–Crippen LogP) is 4.05. The van der Waals surface area contributed by atoms with Crippen LogP contribution in [0.15, 0.2) is 34.1 Å². The molecule has 0 radical (unpaired) electrons. The topological polar surface area (TPSA) is 55.1 Å². The molecule has 1 aromatic carbocycles. The first-order valence-corrected chi connectivity index (χ1v) is 7.58. The highest BCUT2D eigenvalue weighted by atomic mass is 79.9. The largest absolute Gasteiger partial charge is 0.389 e. The van der Waals surface area contributed by atoms with E-state index in [9.17, 15) is 4.79 Å². The zero-order valence-electron chi connectivity index (χ0n) is 9.44. The van der Waals surface area contributed by atoms with E-state index in [-0.39, 0.29) is 10.9 Å². The van der Waals surface area contributed by atoms with Crippen LogP contribution in [0, 0.1) is 0 Å². The number of hydrogen-bond acceptors (Lipinski definition) is 3. The summed E-state index contributed by atoms with van der Waals surface area (Å²) in [5.41, 5.74) is 6.81. The van der Waals surface area contributed by atoms with Crippen molar-refractivity contribution in [1.29, 1.82) is 0 Å². The molecule has 2 aromatic rings. The van der Waals surface area contributed by atoms with Gasteiger partial charge in [0.1, 0.15) is 9.87 Å². The number of carbonyl (C=O) groups is 1. The SMILES string of the molecule is NC(=S)c1cc(Br)ccc1NC(=O)c1sccc1Cl. The Morgan fingerprint density at radius 2 is 2.16 bits per heavy atom. The second-order valence-corrected chi connectivity index (χ2v) is 6.28. The Labute approximate surface area is 132 Å². The Bertz CT molecular complexity index is 657. The maximum atomic E-state index is 12.1. The maximum absolute atomic E-state index is 12.1. The van der Waals surface area contributed by atoms with Gasteiger partial charge in [-0.25, -0.2) is 0 Å². The molecule has 98 valence electrons. The number of halogens is 2. The number of benzene rings is 1. The van der Waals surface area contributed by atoms with Crippen LogP contribution in [0.3, 0.4) is 0 Å². The van der Waals surface area contributed by atoms with Gasteiger partial charge < -0.3 is 11.1 Å². The van der Waals surface area contributed by atoms with E-state index in [1.165, 1.54) is 11.3 Å². The molecule has 0 aliphatic carbocycles. The Morgan fingerprint density at radius 1 is 1.42 bits per heavy atom. The minimum Gasteiger partial charge on any atom is -0.389 e. The quantitative estimate of drug-likeness (QED) is 0.796. The smallest absolute Gasteiger partial charge is 0.267 e. The fourth-order valence-corrected chi connectivity index (χ4v) is 3.03. The minimum absolute atomic E-state index is 0.217. The van der Waals surface area contributed by atoms with Gasteiger partial charge in [-0.3, -0.25) is 4.79 Å². The number of hydrogen-bond donors (Lipinski definition) is 2. The van der Waals surface area contributed by atoms with Crippen molar-refractivity contribution in [3.05, 3.63) is 49.6 Å². The van der Waals surface area contributed by atoms with Crippen LogP contribution < -0.4 is 11.1 Å². The standard InChI is InChI=1S/C12H8BrClN2OS2/c13-6-1-2-9(7(5-6)11(15)18)16-12(17)10-8(14)3-4-19-10/h1-5H,(H2,15,18)(H,16,17). The molecule has 0 bridgehead atoms. The van der Waals surface area contributed by atoms with Gasteiger partial charge in [-0.05, 0) is 29.6 Å². The first-order chi connectivity index (χ1) is 8.99. The van der Waals surface area contributed by atoms with Crippen LogP contribution in [-0.4, -0.2) is 10.9 Å². The molecule has 0 unspecified atom stereocenters. The third-order valence-corrected chi connectivity index (χ3v) is 4.37. The lowest BCUT2D eigenvalue weighted by molar-refractivity contribution is 0.103. The van der Waals surface area contributed by atoms with Crippen LogP contribution in [-0.2, 0) is 0 Å². The molecule has 0 fully saturated rings. The molecule has 3 nitrogen and oxygen atoms in total. The minimum atomic E-state index is -0.278. The third-order valence-electron chi connectivity index (χ3n) is 2.32. The molecule has 0 spiro atoms. The molecule has 19 heavy (non-hydrogen) atoms. The molecule has 3 N–H and O–H groups in total. The second-order valence-electron chi connectivity index (χ2n) is 3.61. The van der Waals surface area contributed by atoms with Gasteiger partial charge in [0.25, 0.3) is 5.91 Å². The van der Waals surface area contributed by atoms with Gasteiger partial charge in [0.15, 0.2) is 0 Å². The fourth-order valence-electron chi connectivity index (χ4n) is 1.46. The van der Waals surface area contributed by atoms with Crippen molar-refractivity contribution in [3.63, 3.8) is 0 Å². The molecule has 7 heteroatoms. The van der Waals surface area contributed by atoms with Gasteiger partial charge >= 0.3 is 0 Å². The van der Waals surface area contributed by atoms with Crippen LogP contribution >= 0.6 is 51.1 Å². The highest BCUT2D eigenvalue weighted by Gasteiger charge is 2.14. The Balaban J connectivity index is 2.32.